The van der Waals surface area contributed by atoms with Gasteiger partial charge in [-0.15, -0.1) is 0 Å². The maximum atomic E-state index is 5.79. The number of hydrogen-bond donors (Lipinski definition) is 0. The van der Waals surface area contributed by atoms with E-state index in [1.165, 1.54) is 26.2 Å². The number of hydrogen-bond acceptors (Lipinski definition) is 7. The van der Waals surface area contributed by atoms with Gasteiger partial charge in [0.2, 0.25) is 0 Å². The molecule has 234 valence electrons. The van der Waals surface area contributed by atoms with E-state index in [4.69, 9.17) is 14.2 Å². The summed E-state index contributed by atoms with van der Waals surface area (Å²) in [6, 6.07) is 0. The minimum absolute atomic E-state index is 0.0216. The van der Waals surface area contributed by atoms with E-state index in [9.17, 15) is 0 Å². The Morgan fingerprint density at radius 1 is 0.462 bits per heavy atom. The predicted octanol–water partition coefficient (Wildman–Crippen LogP) is 4.95. The molecule has 0 saturated carbocycles. The van der Waals surface area contributed by atoms with Crippen LogP contribution in [0, 0.1) is 10.8 Å². The van der Waals surface area contributed by atoms with Gasteiger partial charge >= 0.3 is 0 Å². The van der Waals surface area contributed by atoms with Gasteiger partial charge in [-0.1, -0.05) is 41.5 Å². The fourth-order valence-electron chi connectivity index (χ4n) is 4.50. The predicted molar refractivity (Wildman–Crippen MR) is 167 cm³/mol. The van der Waals surface area contributed by atoms with Crippen molar-refractivity contribution in [1.29, 1.82) is 0 Å². The quantitative estimate of drug-likeness (QED) is 0.334. The largest absolute Gasteiger partial charge is 0.380 e. The van der Waals surface area contributed by atoms with Gasteiger partial charge in [0.05, 0.1) is 38.6 Å². The summed E-state index contributed by atoms with van der Waals surface area (Å²) in [6.07, 6.45) is 0. The highest BCUT2D eigenvalue weighted by atomic mass is 16.5. The normalized spacial score (nSPS) is 19.7. The first-order valence-corrected chi connectivity index (χ1v) is 15.6. The van der Waals surface area contributed by atoms with Crippen molar-refractivity contribution in [2.75, 3.05) is 105 Å². The van der Waals surface area contributed by atoms with Crippen LogP contribution in [0.25, 0.3) is 0 Å². The Kier molecular flexibility index (Phi) is 16.0. The lowest BCUT2D eigenvalue weighted by Crippen LogP contribution is -2.53. The zero-order valence-electron chi connectivity index (χ0n) is 28.3. The topological polar surface area (TPSA) is 40.7 Å². The lowest BCUT2D eigenvalue weighted by Gasteiger charge is -2.42. The molecule has 0 atom stereocenters. The molecule has 7 nitrogen and oxygen atoms in total. The Labute approximate surface area is 243 Å². The summed E-state index contributed by atoms with van der Waals surface area (Å²) in [5.74, 6) is 0. The molecule has 2 aliphatic heterocycles. The maximum absolute atomic E-state index is 5.79. The molecular weight excluding hydrogens is 488 g/mol. The molecule has 2 fully saturated rings. The highest BCUT2D eigenvalue weighted by Gasteiger charge is 2.25. The average molecular weight is 557 g/mol. The Morgan fingerprint density at radius 3 is 1.10 bits per heavy atom. The van der Waals surface area contributed by atoms with Crippen molar-refractivity contribution in [1.82, 2.24) is 19.6 Å². The minimum Gasteiger partial charge on any atom is -0.380 e. The average Bonchev–Trinajstić information content (AvgIpc) is 2.79. The van der Waals surface area contributed by atoms with Gasteiger partial charge in [0.25, 0.3) is 0 Å². The summed E-state index contributed by atoms with van der Waals surface area (Å²) in [5, 5.41) is 0. The number of rotatable bonds is 11. The third-order valence-corrected chi connectivity index (χ3v) is 6.90. The maximum Gasteiger partial charge on any atom is 0.0600 e. The lowest BCUT2D eigenvalue weighted by atomic mass is 9.99. The molecule has 39 heavy (non-hydrogen) atoms. The van der Waals surface area contributed by atoms with E-state index < -0.39 is 0 Å². The van der Waals surface area contributed by atoms with Gasteiger partial charge in [-0.05, 0) is 52.4 Å². The van der Waals surface area contributed by atoms with E-state index in [0.29, 0.717) is 5.54 Å². The molecular formula is C32H68N4O3. The molecule has 0 aromatic carbocycles. The van der Waals surface area contributed by atoms with E-state index in [1.54, 1.807) is 0 Å². The van der Waals surface area contributed by atoms with Crippen LogP contribution in [0.1, 0.15) is 83.1 Å². The van der Waals surface area contributed by atoms with Crippen LogP contribution in [0.15, 0.2) is 0 Å². The fourth-order valence-corrected chi connectivity index (χ4v) is 4.50. The summed E-state index contributed by atoms with van der Waals surface area (Å²) in [4.78, 5) is 10.1. The number of nitrogens with zero attached hydrogens (tertiary/aromatic N) is 4. The van der Waals surface area contributed by atoms with E-state index >= 15 is 0 Å². The van der Waals surface area contributed by atoms with Crippen LogP contribution >= 0.6 is 0 Å². The zero-order chi connectivity index (χ0) is 29.7. The van der Waals surface area contributed by atoms with E-state index in [2.05, 4.69) is 103 Å². The molecule has 0 amide bonds. The molecule has 0 aromatic heterocycles. The Hall–Kier alpha value is -0.280. The van der Waals surface area contributed by atoms with Gasteiger partial charge in [0, 0.05) is 77.5 Å². The molecule has 7 heteroatoms. The van der Waals surface area contributed by atoms with Gasteiger partial charge in [0.15, 0.2) is 0 Å². The van der Waals surface area contributed by atoms with Crippen LogP contribution in [0.4, 0.5) is 0 Å². The molecule has 0 radical (unpaired) electrons. The van der Waals surface area contributed by atoms with E-state index in [1.807, 2.05) is 0 Å². The summed E-state index contributed by atoms with van der Waals surface area (Å²) >= 11 is 0. The van der Waals surface area contributed by atoms with Gasteiger partial charge < -0.3 is 14.2 Å². The zero-order valence-corrected chi connectivity index (χ0v) is 28.3. The van der Waals surface area contributed by atoms with E-state index in [-0.39, 0.29) is 16.4 Å². The Morgan fingerprint density at radius 2 is 0.795 bits per heavy atom. The molecule has 0 spiro atoms. The SMILES string of the molecule is CC(C)(C)COCCN1CCN(C(C)(C)C)CC1.CC(C)(C)COCCN1CCN(CCOC(C)(C)C)CC1. The third kappa shape index (κ3) is 20.3. The number of piperazine rings is 2. The molecule has 2 rings (SSSR count). The highest BCUT2D eigenvalue weighted by molar-refractivity contribution is 4.81. The molecule has 2 aliphatic rings. The second-order valence-corrected chi connectivity index (χ2v) is 15.9. The van der Waals surface area contributed by atoms with Crippen molar-refractivity contribution in [3.05, 3.63) is 0 Å². The van der Waals surface area contributed by atoms with Crippen molar-refractivity contribution in [3.8, 4) is 0 Å². The van der Waals surface area contributed by atoms with Gasteiger partial charge in [-0.2, -0.15) is 0 Å². The molecule has 2 saturated heterocycles. The third-order valence-electron chi connectivity index (χ3n) is 6.90. The van der Waals surface area contributed by atoms with Crippen LogP contribution in [-0.4, -0.2) is 136 Å². The molecule has 0 unspecified atom stereocenters. The van der Waals surface area contributed by atoms with Crippen LogP contribution in [-0.2, 0) is 14.2 Å². The molecule has 0 bridgehead atoms. The highest BCUT2D eigenvalue weighted by Crippen LogP contribution is 2.16. The van der Waals surface area contributed by atoms with Gasteiger partial charge in [-0.25, -0.2) is 0 Å². The molecule has 0 aliphatic carbocycles. The first-order chi connectivity index (χ1) is 17.8. The van der Waals surface area contributed by atoms with Gasteiger partial charge in [-0.3, -0.25) is 19.6 Å². The van der Waals surface area contributed by atoms with Crippen molar-refractivity contribution in [3.63, 3.8) is 0 Å². The Balaban J connectivity index is 0.000000395. The molecule has 2 heterocycles. The summed E-state index contributed by atoms with van der Waals surface area (Å²) < 4.78 is 17.3. The summed E-state index contributed by atoms with van der Waals surface area (Å²) in [6.45, 7) is 43.3. The lowest BCUT2D eigenvalue weighted by molar-refractivity contribution is -0.0193. The standard InChI is InChI=1S/C17H36N2O2.C15H32N2O/c1-16(2,3)15-20-13-11-18-7-9-19(10-8-18)12-14-21-17(4,5)6;1-14(2,3)13-18-12-11-16-7-9-17(10-8-16)15(4,5)6/h7-15H2,1-6H3;7-13H2,1-6H3. The second-order valence-electron chi connectivity index (χ2n) is 15.9. The second kappa shape index (κ2) is 17.0. The fraction of sp³-hybridized carbons (Fsp3) is 1.00. The first kappa shape index (κ1) is 36.7. The van der Waals surface area contributed by atoms with Crippen molar-refractivity contribution in [2.45, 2.75) is 94.2 Å². The Bertz CT molecular complexity index is 615. The monoisotopic (exact) mass is 557 g/mol. The van der Waals surface area contributed by atoms with Crippen molar-refractivity contribution < 1.29 is 14.2 Å². The molecule has 0 N–H and O–H groups in total. The molecule has 0 aromatic rings. The van der Waals surface area contributed by atoms with Crippen LogP contribution < -0.4 is 0 Å². The smallest absolute Gasteiger partial charge is 0.0600 e. The van der Waals surface area contributed by atoms with Crippen LogP contribution in [0.2, 0.25) is 0 Å². The minimum atomic E-state index is -0.0216. The summed E-state index contributed by atoms with van der Waals surface area (Å²) in [7, 11) is 0. The number of ether oxygens (including phenoxy) is 3. The van der Waals surface area contributed by atoms with Crippen LogP contribution in [0.5, 0.6) is 0 Å². The summed E-state index contributed by atoms with van der Waals surface area (Å²) in [5.41, 5.74) is 0.845. The van der Waals surface area contributed by atoms with Crippen LogP contribution in [0.3, 0.4) is 0 Å². The van der Waals surface area contributed by atoms with Crippen molar-refractivity contribution >= 4 is 0 Å². The first-order valence-electron chi connectivity index (χ1n) is 15.6. The van der Waals surface area contributed by atoms with E-state index in [0.717, 1.165) is 78.8 Å². The van der Waals surface area contributed by atoms with Gasteiger partial charge in [0.1, 0.15) is 0 Å². The van der Waals surface area contributed by atoms with Crippen molar-refractivity contribution in [2.24, 2.45) is 10.8 Å².